The van der Waals surface area contributed by atoms with Crippen LogP contribution in [-0.2, 0) is 9.59 Å². The van der Waals surface area contributed by atoms with E-state index >= 15 is 0 Å². The number of hydrogen-bond acceptors (Lipinski definition) is 2. The van der Waals surface area contributed by atoms with E-state index in [0.717, 1.165) is 19.3 Å². The fraction of sp³-hybridized carbons (Fsp3) is 0.846. The number of aliphatic carboxylic acids is 1. The average Bonchev–Trinajstić information content (AvgIpc) is 2.67. The second-order valence-electron chi connectivity index (χ2n) is 5.60. The second-order valence-corrected chi connectivity index (χ2v) is 5.60. The minimum absolute atomic E-state index is 0.00630. The van der Waals surface area contributed by atoms with Crippen molar-refractivity contribution in [2.75, 3.05) is 0 Å². The summed E-state index contributed by atoms with van der Waals surface area (Å²) in [4.78, 5) is 25.1. The number of carboxylic acids is 1. The van der Waals surface area contributed by atoms with Gasteiger partial charge in [-0.1, -0.05) is 26.7 Å². The molecule has 0 spiro atoms. The van der Waals surface area contributed by atoms with Crippen molar-refractivity contribution in [1.29, 1.82) is 0 Å². The maximum Gasteiger partial charge on any atom is 0.326 e. The summed E-state index contributed by atoms with van der Waals surface area (Å²) in [6.45, 7) is 3.69. The van der Waals surface area contributed by atoms with E-state index in [1.807, 2.05) is 13.8 Å². The van der Waals surface area contributed by atoms with Gasteiger partial charge >= 0.3 is 5.97 Å². The number of carbonyl (C=O) groups is 2. The molecule has 2 rings (SSSR count). The van der Waals surface area contributed by atoms with Crippen LogP contribution < -0.4 is 0 Å². The zero-order valence-corrected chi connectivity index (χ0v) is 10.6. The molecule has 0 unspecified atom stereocenters. The van der Waals surface area contributed by atoms with Crippen LogP contribution in [-0.4, -0.2) is 34.0 Å². The van der Waals surface area contributed by atoms with Crippen LogP contribution >= 0.6 is 0 Å². The molecule has 0 aromatic heterocycles. The number of likely N-dealkylation sites (tertiary alicyclic amines) is 1. The molecule has 3 atom stereocenters. The van der Waals surface area contributed by atoms with Gasteiger partial charge < -0.3 is 10.0 Å². The molecule has 0 radical (unpaired) electrons. The maximum absolute atomic E-state index is 12.2. The Kier molecular flexibility index (Phi) is 3.40. The molecule has 0 bridgehead atoms. The number of carboxylic acid groups (broad SMARTS) is 1. The van der Waals surface area contributed by atoms with Crippen LogP contribution in [0.5, 0.6) is 0 Å². The molecule has 1 N–H and O–H groups in total. The summed E-state index contributed by atoms with van der Waals surface area (Å²) >= 11 is 0. The quantitative estimate of drug-likeness (QED) is 0.800. The molecule has 4 heteroatoms. The lowest BCUT2D eigenvalue weighted by atomic mass is 9.84. The van der Waals surface area contributed by atoms with E-state index in [1.165, 1.54) is 6.42 Å². The van der Waals surface area contributed by atoms with Crippen LogP contribution in [0.15, 0.2) is 0 Å². The first-order valence-electron chi connectivity index (χ1n) is 6.57. The molecule has 2 aliphatic rings. The number of hydrogen-bond donors (Lipinski definition) is 1. The Balaban J connectivity index is 2.23. The first kappa shape index (κ1) is 12.4. The summed E-state index contributed by atoms with van der Waals surface area (Å²) in [6, 6.07) is -0.405. The van der Waals surface area contributed by atoms with Crippen LogP contribution in [0.3, 0.4) is 0 Å². The molecule has 1 heterocycles. The minimum Gasteiger partial charge on any atom is -0.480 e. The zero-order valence-electron chi connectivity index (χ0n) is 10.6. The molecule has 1 aliphatic heterocycles. The summed E-state index contributed by atoms with van der Waals surface area (Å²) < 4.78 is 0. The number of amides is 1. The van der Waals surface area contributed by atoms with Gasteiger partial charge in [0.2, 0.25) is 5.91 Å². The number of rotatable bonds is 2. The fourth-order valence-corrected chi connectivity index (χ4v) is 3.30. The van der Waals surface area contributed by atoms with Gasteiger partial charge in [0.1, 0.15) is 6.04 Å². The van der Waals surface area contributed by atoms with Crippen molar-refractivity contribution in [1.82, 2.24) is 4.90 Å². The standard InChI is InChI=1S/C13H21NO3/c1-8(2)12(15)14-10-6-4-3-5-9(10)7-11(14)13(16)17/h8-11H,3-7H2,1-2H3,(H,16,17)/t9-,10+,11+/m1/s1. The molecule has 1 saturated carbocycles. The summed E-state index contributed by atoms with van der Waals surface area (Å²) in [5.41, 5.74) is 0. The molecule has 1 amide bonds. The number of nitrogens with zero attached hydrogens (tertiary/aromatic N) is 1. The molecule has 1 aliphatic carbocycles. The molecular formula is C13H21NO3. The highest BCUT2D eigenvalue weighted by atomic mass is 16.4. The summed E-state index contributed by atoms with van der Waals surface area (Å²) in [5.74, 6) is -0.537. The van der Waals surface area contributed by atoms with E-state index in [1.54, 1.807) is 4.90 Å². The highest BCUT2D eigenvalue weighted by Gasteiger charge is 2.47. The van der Waals surface area contributed by atoms with Crippen LogP contribution in [0.4, 0.5) is 0 Å². The highest BCUT2D eigenvalue weighted by molar-refractivity contribution is 5.85. The Morgan fingerprint density at radius 3 is 2.47 bits per heavy atom. The minimum atomic E-state index is -0.839. The monoisotopic (exact) mass is 239 g/mol. The Hall–Kier alpha value is -1.06. The van der Waals surface area contributed by atoms with E-state index in [2.05, 4.69) is 0 Å². The van der Waals surface area contributed by atoms with Crippen molar-refractivity contribution in [3.63, 3.8) is 0 Å². The van der Waals surface area contributed by atoms with Gasteiger partial charge in [-0.15, -0.1) is 0 Å². The van der Waals surface area contributed by atoms with Crippen molar-refractivity contribution < 1.29 is 14.7 Å². The first-order valence-corrected chi connectivity index (χ1v) is 6.57. The van der Waals surface area contributed by atoms with Crippen molar-refractivity contribution in [2.24, 2.45) is 11.8 Å². The van der Waals surface area contributed by atoms with Gasteiger partial charge in [0.15, 0.2) is 0 Å². The largest absolute Gasteiger partial charge is 0.480 e. The highest BCUT2D eigenvalue weighted by Crippen LogP contribution is 2.40. The van der Waals surface area contributed by atoms with Gasteiger partial charge in [-0.25, -0.2) is 4.79 Å². The van der Waals surface area contributed by atoms with Gasteiger partial charge in [-0.05, 0) is 25.2 Å². The lowest BCUT2D eigenvalue weighted by molar-refractivity contribution is -0.151. The van der Waals surface area contributed by atoms with Crippen molar-refractivity contribution in [3.05, 3.63) is 0 Å². The van der Waals surface area contributed by atoms with Crippen molar-refractivity contribution in [2.45, 2.75) is 58.0 Å². The third kappa shape index (κ3) is 2.17. The van der Waals surface area contributed by atoms with Crippen LogP contribution in [0.2, 0.25) is 0 Å². The molecule has 1 saturated heterocycles. The normalized spacial score (nSPS) is 32.6. The second kappa shape index (κ2) is 4.67. The van der Waals surface area contributed by atoms with E-state index in [-0.39, 0.29) is 17.9 Å². The molecule has 0 aromatic rings. The lowest BCUT2D eigenvalue weighted by Crippen LogP contribution is -2.47. The van der Waals surface area contributed by atoms with Gasteiger partial charge in [-0.3, -0.25) is 4.79 Å². The topological polar surface area (TPSA) is 57.6 Å². The molecule has 0 aromatic carbocycles. The summed E-state index contributed by atoms with van der Waals surface area (Å²) in [6.07, 6.45) is 5.01. The van der Waals surface area contributed by atoms with Gasteiger partial charge in [0.25, 0.3) is 0 Å². The van der Waals surface area contributed by atoms with Crippen LogP contribution in [0, 0.1) is 11.8 Å². The van der Waals surface area contributed by atoms with Gasteiger partial charge in [-0.2, -0.15) is 0 Å². The summed E-state index contributed by atoms with van der Waals surface area (Å²) in [5, 5.41) is 9.27. The Morgan fingerprint density at radius 1 is 1.24 bits per heavy atom. The Bertz CT molecular complexity index is 327. The van der Waals surface area contributed by atoms with E-state index in [9.17, 15) is 14.7 Å². The molecule has 96 valence electrons. The zero-order chi connectivity index (χ0) is 12.6. The molecule has 17 heavy (non-hydrogen) atoms. The molecule has 4 nitrogen and oxygen atoms in total. The predicted octanol–water partition coefficient (Wildman–Crippen LogP) is 1.89. The SMILES string of the molecule is CC(C)C(=O)N1[C@H](C(=O)O)C[C@H]2CCCC[C@@H]21. The van der Waals surface area contributed by atoms with Crippen LogP contribution in [0.25, 0.3) is 0 Å². The first-order chi connectivity index (χ1) is 8.02. The fourth-order valence-electron chi connectivity index (χ4n) is 3.30. The molecular weight excluding hydrogens is 218 g/mol. The van der Waals surface area contributed by atoms with Crippen LogP contribution in [0.1, 0.15) is 46.0 Å². The number of fused-ring (bicyclic) bond motifs is 1. The van der Waals surface area contributed by atoms with E-state index in [0.29, 0.717) is 12.3 Å². The van der Waals surface area contributed by atoms with Crippen molar-refractivity contribution >= 4 is 11.9 Å². The number of carbonyl (C=O) groups excluding carboxylic acids is 1. The average molecular weight is 239 g/mol. The Labute approximate surface area is 102 Å². The predicted molar refractivity (Wildman–Crippen MR) is 63.5 cm³/mol. The smallest absolute Gasteiger partial charge is 0.326 e. The maximum atomic E-state index is 12.2. The summed E-state index contributed by atoms with van der Waals surface area (Å²) in [7, 11) is 0. The van der Waals surface area contributed by atoms with Crippen molar-refractivity contribution in [3.8, 4) is 0 Å². The lowest BCUT2D eigenvalue weighted by Gasteiger charge is -2.34. The third-order valence-corrected chi connectivity index (χ3v) is 4.12. The molecule has 2 fully saturated rings. The van der Waals surface area contributed by atoms with E-state index in [4.69, 9.17) is 0 Å². The van der Waals surface area contributed by atoms with E-state index < -0.39 is 12.0 Å². The van der Waals surface area contributed by atoms with Gasteiger partial charge in [0.05, 0.1) is 0 Å². The Morgan fingerprint density at radius 2 is 1.88 bits per heavy atom. The third-order valence-electron chi connectivity index (χ3n) is 4.12. The van der Waals surface area contributed by atoms with Gasteiger partial charge in [0, 0.05) is 12.0 Å².